The Hall–Kier alpha value is -0.0151. The highest BCUT2D eigenvalue weighted by atomic mass is 16.5. The Morgan fingerprint density at radius 3 is 2.71 bits per heavy atom. The molecule has 0 saturated carbocycles. The third kappa shape index (κ3) is 1.18. The standard InChI is InChI=1S/C4H9BNO/c1-4-3-6(2)5-7-4/h4H,3H2,1-2H3. The highest BCUT2D eigenvalue weighted by molar-refractivity contribution is 6.24. The van der Waals surface area contributed by atoms with E-state index in [9.17, 15) is 0 Å². The lowest BCUT2D eigenvalue weighted by Gasteiger charge is -2.00. The van der Waals surface area contributed by atoms with E-state index in [-0.39, 0.29) is 0 Å². The van der Waals surface area contributed by atoms with Gasteiger partial charge in [0.2, 0.25) is 0 Å². The first-order valence-corrected chi connectivity index (χ1v) is 2.48. The molecule has 0 aromatic carbocycles. The van der Waals surface area contributed by atoms with Gasteiger partial charge in [-0.3, -0.25) is 0 Å². The molecule has 1 aliphatic heterocycles. The van der Waals surface area contributed by atoms with Crippen molar-refractivity contribution in [2.75, 3.05) is 13.6 Å². The predicted octanol–water partition coefficient (Wildman–Crippen LogP) is -0.129. The van der Waals surface area contributed by atoms with E-state index >= 15 is 0 Å². The summed E-state index contributed by atoms with van der Waals surface area (Å²) in [5.74, 6) is 0. The molecule has 1 radical (unpaired) electrons. The van der Waals surface area contributed by atoms with Crippen LogP contribution in [0.4, 0.5) is 0 Å². The van der Waals surface area contributed by atoms with Gasteiger partial charge in [-0.1, -0.05) is 0 Å². The maximum Gasteiger partial charge on any atom is 0.398 e. The highest BCUT2D eigenvalue weighted by Crippen LogP contribution is 1.99. The summed E-state index contributed by atoms with van der Waals surface area (Å²) in [6, 6.07) is 0. The van der Waals surface area contributed by atoms with Crippen molar-refractivity contribution >= 4 is 7.62 Å². The predicted molar refractivity (Wildman–Crippen MR) is 28.9 cm³/mol. The lowest BCUT2D eigenvalue weighted by molar-refractivity contribution is 0.272. The first kappa shape index (κ1) is 5.13. The second kappa shape index (κ2) is 1.84. The molecule has 0 spiro atoms. The van der Waals surface area contributed by atoms with Crippen LogP contribution in [0.1, 0.15) is 6.92 Å². The van der Waals surface area contributed by atoms with Gasteiger partial charge < -0.3 is 9.47 Å². The zero-order valence-electron chi connectivity index (χ0n) is 4.72. The Bertz CT molecular complexity index is 60.7. The largest absolute Gasteiger partial charge is 0.420 e. The normalized spacial score (nSPS) is 33.1. The molecule has 1 unspecified atom stereocenters. The number of hydrogen-bond donors (Lipinski definition) is 0. The van der Waals surface area contributed by atoms with Crippen LogP contribution in [0.25, 0.3) is 0 Å². The van der Waals surface area contributed by atoms with Gasteiger partial charge in [0.1, 0.15) is 0 Å². The molecule has 1 saturated heterocycles. The molecule has 1 heterocycles. The monoisotopic (exact) mass is 98.1 g/mol. The van der Waals surface area contributed by atoms with Crippen LogP contribution in [-0.2, 0) is 4.65 Å². The molecule has 7 heavy (non-hydrogen) atoms. The summed E-state index contributed by atoms with van der Waals surface area (Å²) < 4.78 is 5.07. The second-order valence-electron chi connectivity index (χ2n) is 1.99. The van der Waals surface area contributed by atoms with Crippen LogP contribution < -0.4 is 0 Å². The van der Waals surface area contributed by atoms with Crippen molar-refractivity contribution in [2.45, 2.75) is 13.0 Å². The van der Waals surface area contributed by atoms with Crippen LogP contribution in [0.3, 0.4) is 0 Å². The third-order valence-electron chi connectivity index (χ3n) is 1.02. The molecular formula is C4H9BNO. The Kier molecular flexibility index (Phi) is 1.35. The lowest BCUT2D eigenvalue weighted by atomic mass is 10.3. The Morgan fingerprint density at radius 1 is 1.86 bits per heavy atom. The van der Waals surface area contributed by atoms with Crippen molar-refractivity contribution in [3.63, 3.8) is 0 Å². The summed E-state index contributed by atoms with van der Waals surface area (Å²) in [5.41, 5.74) is 0. The van der Waals surface area contributed by atoms with Crippen molar-refractivity contribution in [2.24, 2.45) is 0 Å². The molecule has 1 fully saturated rings. The SMILES string of the molecule is CC1CN(C)[B]O1. The highest BCUT2D eigenvalue weighted by Gasteiger charge is 2.16. The summed E-state index contributed by atoms with van der Waals surface area (Å²) in [4.78, 5) is 2.03. The number of nitrogens with zero attached hydrogens (tertiary/aromatic N) is 1. The second-order valence-corrected chi connectivity index (χ2v) is 1.99. The summed E-state index contributed by atoms with van der Waals surface area (Å²) in [6.07, 6.45) is 0.394. The third-order valence-corrected chi connectivity index (χ3v) is 1.02. The zero-order chi connectivity index (χ0) is 5.28. The molecular weight excluding hydrogens is 88.9 g/mol. The molecule has 0 amide bonds. The maximum absolute atomic E-state index is 5.07. The van der Waals surface area contributed by atoms with Gasteiger partial charge in [-0.2, -0.15) is 0 Å². The Balaban J connectivity index is 2.26. The van der Waals surface area contributed by atoms with Crippen LogP contribution in [0.5, 0.6) is 0 Å². The van der Waals surface area contributed by atoms with Gasteiger partial charge in [-0.05, 0) is 14.0 Å². The van der Waals surface area contributed by atoms with Crippen LogP contribution in [0.15, 0.2) is 0 Å². The number of hydrogen-bond acceptors (Lipinski definition) is 2. The summed E-state index contributed by atoms with van der Waals surface area (Å²) in [7, 11) is 3.76. The topological polar surface area (TPSA) is 12.5 Å². The lowest BCUT2D eigenvalue weighted by Crippen LogP contribution is -2.16. The first-order valence-electron chi connectivity index (χ1n) is 2.48. The quantitative estimate of drug-likeness (QED) is 0.391. The minimum Gasteiger partial charge on any atom is -0.420 e. The average Bonchev–Trinajstić information content (AvgIpc) is 1.87. The van der Waals surface area contributed by atoms with Crippen molar-refractivity contribution in [3.8, 4) is 0 Å². The maximum atomic E-state index is 5.07. The van der Waals surface area contributed by atoms with E-state index < -0.39 is 0 Å². The van der Waals surface area contributed by atoms with Crippen LogP contribution >= 0.6 is 0 Å². The fourth-order valence-corrected chi connectivity index (χ4v) is 0.699. The minimum atomic E-state index is 0.394. The summed E-state index contributed by atoms with van der Waals surface area (Å²) >= 11 is 0. The number of rotatable bonds is 0. The molecule has 1 rings (SSSR count). The zero-order valence-corrected chi connectivity index (χ0v) is 4.72. The van der Waals surface area contributed by atoms with Crippen LogP contribution in [0, 0.1) is 0 Å². The molecule has 0 N–H and O–H groups in total. The van der Waals surface area contributed by atoms with E-state index in [1.165, 1.54) is 0 Å². The van der Waals surface area contributed by atoms with Crippen LogP contribution in [-0.4, -0.2) is 32.1 Å². The molecule has 0 aliphatic carbocycles. The van der Waals surface area contributed by atoms with E-state index in [4.69, 9.17) is 4.65 Å². The van der Waals surface area contributed by atoms with Gasteiger partial charge in [0.25, 0.3) is 0 Å². The summed E-state index contributed by atoms with van der Waals surface area (Å²) in [5, 5.41) is 0. The molecule has 2 nitrogen and oxygen atoms in total. The fourth-order valence-electron chi connectivity index (χ4n) is 0.699. The van der Waals surface area contributed by atoms with E-state index in [0.717, 1.165) is 6.54 Å². The molecule has 0 aromatic rings. The van der Waals surface area contributed by atoms with Crippen molar-refractivity contribution in [3.05, 3.63) is 0 Å². The van der Waals surface area contributed by atoms with Gasteiger partial charge in [0.15, 0.2) is 0 Å². The van der Waals surface area contributed by atoms with E-state index in [1.54, 1.807) is 7.62 Å². The van der Waals surface area contributed by atoms with Crippen molar-refractivity contribution in [1.29, 1.82) is 0 Å². The number of likely N-dealkylation sites (N-methyl/N-ethyl adjacent to an activating group) is 1. The molecule has 39 valence electrons. The van der Waals surface area contributed by atoms with Crippen molar-refractivity contribution in [1.82, 2.24) is 4.81 Å². The molecule has 0 aromatic heterocycles. The van der Waals surface area contributed by atoms with Crippen LogP contribution in [0.2, 0.25) is 0 Å². The average molecular weight is 97.9 g/mol. The molecule has 3 heteroatoms. The Labute approximate surface area is 44.7 Å². The fraction of sp³-hybridized carbons (Fsp3) is 1.00. The molecule has 0 bridgehead atoms. The molecule has 1 aliphatic rings. The van der Waals surface area contributed by atoms with Gasteiger partial charge >= 0.3 is 7.62 Å². The van der Waals surface area contributed by atoms with Gasteiger partial charge in [0, 0.05) is 6.54 Å². The van der Waals surface area contributed by atoms with E-state index in [1.807, 2.05) is 11.9 Å². The van der Waals surface area contributed by atoms with Crippen molar-refractivity contribution < 1.29 is 4.65 Å². The van der Waals surface area contributed by atoms with Gasteiger partial charge in [-0.25, -0.2) is 0 Å². The van der Waals surface area contributed by atoms with Gasteiger partial charge in [0.05, 0.1) is 6.10 Å². The summed E-state index contributed by atoms with van der Waals surface area (Å²) in [6.45, 7) is 3.08. The first-order chi connectivity index (χ1) is 3.29. The molecule has 1 atom stereocenters. The van der Waals surface area contributed by atoms with Gasteiger partial charge in [-0.15, -0.1) is 0 Å². The van der Waals surface area contributed by atoms with E-state index in [0.29, 0.717) is 6.10 Å². The smallest absolute Gasteiger partial charge is 0.398 e. The minimum absolute atomic E-state index is 0.394. The Morgan fingerprint density at radius 2 is 2.57 bits per heavy atom. The van der Waals surface area contributed by atoms with E-state index in [2.05, 4.69) is 6.92 Å².